The van der Waals surface area contributed by atoms with Gasteiger partial charge in [0.2, 0.25) is 0 Å². The molecular formula is C13H22N2O3. The van der Waals surface area contributed by atoms with Gasteiger partial charge in [0, 0.05) is 18.3 Å². The van der Waals surface area contributed by atoms with Crippen molar-refractivity contribution >= 4 is 11.4 Å². The van der Waals surface area contributed by atoms with E-state index in [0.29, 0.717) is 25.3 Å². The molecule has 1 atom stereocenters. The molecule has 1 aromatic rings. The number of nitrogens with one attached hydrogen (secondary N) is 1. The van der Waals surface area contributed by atoms with Gasteiger partial charge in [-0.2, -0.15) is 0 Å². The van der Waals surface area contributed by atoms with E-state index in [1.54, 1.807) is 12.1 Å². The van der Waals surface area contributed by atoms with Crippen LogP contribution in [-0.2, 0) is 0 Å². The molecule has 0 aliphatic heterocycles. The second-order valence-electron chi connectivity index (χ2n) is 4.16. The van der Waals surface area contributed by atoms with Gasteiger partial charge in [-0.25, -0.2) is 0 Å². The lowest BCUT2D eigenvalue weighted by Gasteiger charge is -2.14. The number of aliphatic hydroxyl groups is 2. The lowest BCUT2D eigenvalue weighted by molar-refractivity contribution is 0.0911. The summed E-state index contributed by atoms with van der Waals surface area (Å²) in [7, 11) is 0. The number of hydrogen-bond donors (Lipinski definition) is 4. The van der Waals surface area contributed by atoms with Gasteiger partial charge in [-0.05, 0) is 25.0 Å². The van der Waals surface area contributed by atoms with Crippen LogP contribution in [0.15, 0.2) is 18.2 Å². The second kappa shape index (κ2) is 7.79. The first-order valence-electron chi connectivity index (χ1n) is 6.22. The SMILES string of the molecule is CCCOc1cc(N)ccc1NCCC(O)CO. The molecular weight excluding hydrogens is 232 g/mol. The van der Waals surface area contributed by atoms with Gasteiger partial charge in [0.1, 0.15) is 5.75 Å². The highest BCUT2D eigenvalue weighted by molar-refractivity contribution is 5.62. The molecule has 0 aliphatic rings. The molecule has 1 aromatic carbocycles. The highest BCUT2D eigenvalue weighted by Gasteiger charge is 2.06. The zero-order valence-electron chi connectivity index (χ0n) is 10.7. The van der Waals surface area contributed by atoms with Crippen molar-refractivity contribution in [2.45, 2.75) is 25.9 Å². The van der Waals surface area contributed by atoms with Crippen LogP contribution in [0.1, 0.15) is 19.8 Å². The quantitative estimate of drug-likeness (QED) is 0.524. The van der Waals surface area contributed by atoms with E-state index in [-0.39, 0.29) is 6.61 Å². The third-order valence-corrected chi connectivity index (χ3v) is 2.47. The molecule has 0 spiro atoms. The van der Waals surface area contributed by atoms with Gasteiger partial charge >= 0.3 is 0 Å². The van der Waals surface area contributed by atoms with E-state index < -0.39 is 6.10 Å². The fourth-order valence-electron chi connectivity index (χ4n) is 1.48. The summed E-state index contributed by atoms with van der Waals surface area (Å²) in [6.07, 6.45) is 0.720. The smallest absolute Gasteiger partial charge is 0.144 e. The Morgan fingerprint density at radius 3 is 2.89 bits per heavy atom. The van der Waals surface area contributed by atoms with Crippen molar-refractivity contribution in [2.75, 3.05) is 30.8 Å². The summed E-state index contributed by atoms with van der Waals surface area (Å²) in [5.74, 6) is 0.718. The number of nitrogens with two attached hydrogens (primary N) is 1. The predicted molar refractivity (Wildman–Crippen MR) is 72.8 cm³/mol. The summed E-state index contributed by atoms with van der Waals surface area (Å²) < 4.78 is 5.60. The monoisotopic (exact) mass is 254 g/mol. The van der Waals surface area contributed by atoms with Crippen LogP contribution in [0.25, 0.3) is 0 Å². The van der Waals surface area contributed by atoms with Crippen molar-refractivity contribution in [3.8, 4) is 5.75 Å². The molecule has 0 saturated heterocycles. The molecule has 1 unspecified atom stereocenters. The van der Waals surface area contributed by atoms with Gasteiger partial charge < -0.3 is 26.0 Å². The van der Waals surface area contributed by atoms with Gasteiger partial charge in [-0.15, -0.1) is 0 Å². The minimum atomic E-state index is -0.689. The molecule has 5 heteroatoms. The Balaban J connectivity index is 2.57. The Kier molecular flexibility index (Phi) is 6.32. The van der Waals surface area contributed by atoms with Crippen LogP contribution < -0.4 is 15.8 Å². The molecule has 0 amide bonds. The van der Waals surface area contributed by atoms with E-state index in [1.165, 1.54) is 0 Å². The maximum atomic E-state index is 9.25. The number of hydrogen-bond acceptors (Lipinski definition) is 5. The van der Waals surface area contributed by atoms with Gasteiger partial charge in [-0.1, -0.05) is 6.92 Å². The fraction of sp³-hybridized carbons (Fsp3) is 0.538. The van der Waals surface area contributed by atoms with Crippen molar-refractivity contribution in [1.82, 2.24) is 0 Å². The number of benzene rings is 1. The lowest BCUT2D eigenvalue weighted by atomic mass is 10.2. The van der Waals surface area contributed by atoms with Crippen LogP contribution in [0.3, 0.4) is 0 Å². The van der Waals surface area contributed by atoms with Crippen LogP contribution in [0.5, 0.6) is 5.75 Å². The van der Waals surface area contributed by atoms with E-state index in [9.17, 15) is 5.11 Å². The van der Waals surface area contributed by atoms with E-state index >= 15 is 0 Å². The third-order valence-electron chi connectivity index (χ3n) is 2.47. The minimum absolute atomic E-state index is 0.220. The van der Waals surface area contributed by atoms with E-state index in [0.717, 1.165) is 17.9 Å². The van der Waals surface area contributed by atoms with Gasteiger partial charge in [-0.3, -0.25) is 0 Å². The molecule has 5 N–H and O–H groups in total. The van der Waals surface area contributed by atoms with Crippen LogP contribution in [0.4, 0.5) is 11.4 Å². The van der Waals surface area contributed by atoms with Gasteiger partial charge in [0.05, 0.1) is 25.0 Å². The summed E-state index contributed by atoms with van der Waals surface area (Å²) >= 11 is 0. The lowest BCUT2D eigenvalue weighted by Crippen LogP contribution is -2.17. The summed E-state index contributed by atoms with van der Waals surface area (Å²) in [6, 6.07) is 5.43. The standard InChI is InChI=1S/C13H22N2O3/c1-2-7-18-13-8-10(14)3-4-12(13)15-6-5-11(17)9-16/h3-4,8,11,15-17H,2,5-7,9,14H2,1H3. The van der Waals surface area contributed by atoms with E-state index in [2.05, 4.69) is 5.32 Å². The highest BCUT2D eigenvalue weighted by Crippen LogP contribution is 2.27. The molecule has 0 aliphatic carbocycles. The van der Waals surface area contributed by atoms with Crippen LogP contribution >= 0.6 is 0 Å². The molecule has 102 valence electrons. The molecule has 0 radical (unpaired) electrons. The molecule has 0 saturated carbocycles. The van der Waals surface area contributed by atoms with Crippen molar-refractivity contribution in [3.05, 3.63) is 18.2 Å². The fourth-order valence-corrected chi connectivity index (χ4v) is 1.48. The Labute approximate surface area is 108 Å². The first kappa shape index (κ1) is 14.6. The largest absolute Gasteiger partial charge is 0.491 e. The first-order valence-corrected chi connectivity index (χ1v) is 6.22. The first-order chi connectivity index (χ1) is 8.67. The zero-order chi connectivity index (χ0) is 13.4. The molecule has 0 fully saturated rings. The molecule has 0 heterocycles. The van der Waals surface area contributed by atoms with Crippen LogP contribution in [0.2, 0.25) is 0 Å². The van der Waals surface area contributed by atoms with Gasteiger partial charge in [0.25, 0.3) is 0 Å². The predicted octanol–water partition coefficient (Wildman–Crippen LogP) is 1.21. The van der Waals surface area contributed by atoms with Crippen molar-refractivity contribution in [3.63, 3.8) is 0 Å². The van der Waals surface area contributed by atoms with Crippen molar-refractivity contribution < 1.29 is 14.9 Å². The molecule has 0 bridgehead atoms. The number of rotatable bonds is 8. The Hall–Kier alpha value is -1.46. The second-order valence-corrected chi connectivity index (χ2v) is 4.16. The molecule has 18 heavy (non-hydrogen) atoms. The zero-order valence-corrected chi connectivity index (χ0v) is 10.7. The third kappa shape index (κ3) is 4.81. The van der Waals surface area contributed by atoms with Gasteiger partial charge in [0.15, 0.2) is 0 Å². The normalized spacial score (nSPS) is 12.2. The van der Waals surface area contributed by atoms with Crippen molar-refractivity contribution in [1.29, 1.82) is 0 Å². The summed E-state index contributed by atoms with van der Waals surface area (Å²) in [6.45, 7) is 3.02. The highest BCUT2D eigenvalue weighted by atomic mass is 16.5. The average Bonchev–Trinajstić information content (AvgIpc) is 2.38. The number of ether oxygens (including phenoxy) is 1. The summed E-state index contributed by atoms with van der Waals surface area (Å²) in [5.41, 5.74) is 7.22. The van der Waals surface area contributed by atoms with E-state index in [4.69, 9.17) is 15.6 Å². The summed E-state index contributed by atoms with van der Waals surface area (Å²) in [4.78, 5) is 0. The van der Waals surface area contributed by atoms with Crippen molar-refractivity contribution in [2.24, 2.45) is 0 Å². The minimum Gasteiger partial charge on any atom is -0.491 e. The maximum Gasteiger partial charge on any atom is 0.144 e. The average molecular weight is 254 g/mol. The topological polar surface area (TPSA) is 87.7 Å². The maximum absolute atomic E-state index is 9.25. The Morgan fingerprint density at radius 2 is 2.22 bits per heavy atom. The molecule has 5 nitrogen and oxygen atoms in total. The number of nitrogen functional groups attached to an aromatic ring is 1. The van der Waals surface area contributed by atoms with E-state index in [1.807, 2.05) is 13.0 Å². The molecule has 1 rings (SSSR count). The Morgan fingerprint density at radius 1 is 1.44 bits per heavy atom. The summed E-state index contributed by atoms with van der Waals surface area (Å²) in [5, 5.41) is 21.1. The number of aliphatic hydroxyl groups excluding tert-OH is 2. The van der Waals surface area contributed by atoms with Crippen LogP contribution in [0, 0.1) is 0 Å². The van der Waals surface area contributed by atoms with Crippen LogP contribution in [-0.4, -0.2) is 36.1 Å². The number of anilines is 2. The molecule has 0 aromatic heterocycles. The Bertz CT molecular complexity index is 358.